The molecule has 4 heteroatoms. The molecular formula is C15H15Br2NO. The van der Waals surface area contributed by atoms with Crippen LogP contribution in [-0.2, 0) is 17.9 Å². The lowest BCUT2D eigenvalue weighted by atomic mass is 10.1. The van der Waals surface area contributed by atoms with Crippen LogP contribution in [0.1, 0.15) is 11.1 Å². The van der Waals surface area contributed by atoms with E-state index in [0.29, 0.717) is 6.61 Å². The normalized spacial score (nSPS) is 10.5. The van der Waals surface area contributed by atoms with Crippen molar-refractivity contribution in [2.45, 2.75) is 13.2 Å². The van der Waals surface area contributed by atoms with Crippen molar-refractivity contribution in [1.29, 1.82) is 0 Å². The van der Waals surface area contributed by atoms with Gasteiger partial charge in [0.1, 0.15) is 0 Å². The smallest absolute Gasteiger partial charge is 0.0716 e. The molecule has 0 fully saturated rings. The Morgan fingerprint density at radius 3 is 2.21 bits per heavy atom. The van der Waals surface area contributed by atoms with Crippen LogP contribution in [0.5, 0.6) is 0 Å². The fourth-order valence-corrected chi connectivity index (χ4v) is 3.16. The largest absolute Gasteiger partial charge is 0.380 e. The van der Waals surface area contributed by atoms with Crippen LogP contribution in [-0.4, -0.2) is 7.11 Å². The molecule has 0 atom stereocenters. The predicted molar refractivity (Wildman–Crippen MR) is 86.3 cm³/mol. The molecule has 0 radical (unpaired) electrons. The Morgan fingerprint density at radius 1 is 0.947 bits per heavy atom. The van der Waals surface area contributed by atoms with E-state index in [4.69, 9.17) is 4.74 Å². The predicted octanol–water partition coefficient (Wildman–Crippen LogP) is 4.97. The van der Waals surface area contributed by atoms with Crippen molar-refractivity contribution < 1.29 is 4.74 Å². The lowest BCUT2D eigenvalue weighted by molar-refractivity contribution is 0.184. The summed E-state index contributed by atoms with van der Waals surface area (Å²) in [5.41, 5.74) is 3.52. The Balaban J connectivity index is 2.15. The van der Waals surface area contributed by atoms with Gasteiger partial charge in [0, 0.05) is 22.6 Å². The second-order valence-corrected chi connectivity index (χ2v) is 5.86. The summed E-state index contributed by atoms with van der Waals surface area (Å²) in [6, 6.07) is 14.3. The highest BCUT2D eigenvalue weighted by molar-refractivity contribution is 9.11. The number of para-hydroxylation sites is 1. The fourth-order valence-electron chi connectivity index (χ4n) is 1.88. The van der Waals surface area contributed by atoms with E-state index in [1.54, 1.807) is 7.11 Å². The summed E-state index contributed by atoms with van der Waals surface area (Å²) < 4.78 is 7.32. The summed E-state index contributed by atoms with van der Waals surface area (Å²) in [5, 5.41) is 3.45. The topological polar surface area (TPSA) is 21.3 Å². The fraction of sp³-hybridized carbons (Fsp3) is 0.200. The number of benzene rings is 2. The number of ether oxygens (including phenoxy) is 1. The van der Waals surface area contributed by atoms with Crippen LogP contribution >= 0.6 is 31.9 Å². The molecule has 100 valence electrons. The van der Waals surface area contributed by atoms with E-state index in [2.05, 4.69) is 49.3 Å². The summed E-state index contributed by atoms with van der Waals surface area (Å²) in [5.74, 6) is 0. The van der Waals surface area contributed by atoms with E-state index in [-0.39, 0.29) is 0 Å². The van der Waals surface area contributed by atoms with Gasteiger partial charge >= 0.3 is 0 Å². The second-order valence-electron chi connectivity index (χ2n) is 4.15. The number of hydrogen-bond donors (Lipinski definition) is 1. The molecule has 0 amide bonds. The van der Waals surface area contributed by atoms with Crippen molar-refractivity contribution in [2.75, 3.05) is 12.4 Å². The number of rotatable bonds is 5. The van der Waals surface area contributed by atoms with Gasteiger partial charge in [-0.25, -0.2) is 0 Å². The van der Waals surface area contributed by atoms with Crippen LogP contribution < -0.4 is 5.32 Å². The number of nitrogens with one attached hydrogen (secondary N) is 1. The van der Waals surface area contributed by atoms with Gasteiger partial charge in [0.15, 0.2) is 0 Å². The highest BCUT2D eigenvalue weighted by atomic mass is 79.9. The highest BCUT2D eigenvalue weighted by Gasteiger charge is 2.06. The third kappa shape index (κ3) is 3.81. The van der Waals surface area contributed by atoms with E-state index in [0.717, 1.165) is 21.2 Å². The molecule has 0 aromatic heterocycles. The van der Waals surface area contributed by atoms with Gasteiger partial charge in [-0.15, -0.1) is 0 Å². The van der Waals surface area contributed by atoms with E-state index in [1.165, 1.54) is 11.1 Å². The van der Waals surface area contributed by atoms with E-state index in [9.17, 15) is 0 Å². The van der Waals surface area contributed by atoms with Gasteiger partial charge in [-0.2, -0.15) is 0 Å². The monoisotopic (exact) mass is 383 g/mol. The van der Waals surface area contributed by atoms with E-state index in [1.807, 2.05) is 30.3 Å². The minimum Gasteiger partial charge on any atom is -0.380 e. The van der Waals surface area contributed by atoms with E-state index < -0.39 is 0 Å². The SMILES string of the molecule is COCc1ccccc1CNc1c(Br)cccc1Br. The first-order valence-electron chi connectivity index (χ1n) is 5.96. The van der Waals surface area contributed by atoms with Crippen molar-refractivity contribution >= 4 is 37.5 Å². The van der Waals surface area contributed by atoms with Crippen molar-refractivity contribution in [2.24, 2.45) is 0 Å². The Bertz CT molecular complexity index is 537. The summed E-state index contributed by atoms with van der Waals surface area (Å²) >= 11 is 7.11. The number of anilines is 1. The maximum Gasteiger partial charge on any atom is 0.0716 e. The van der Waals surface area contributed by atoms with Gasteiger partial charge in [-0.05, 0) is 55.1 Å². The van der Waals surface area contributed by atoms with Crippen LogP contribution in [0.25, 0.3) is 0 Å². The molecule has 0 unspecified atom stereocenters. The number of hydrogen-bond acceptors (Lipinski definition) is 2. The first-order valence-corrected chi connectivity index (χ1v) is 7.54. The van der Waals surface area contributed by atoms with Gasteiger partial charge in [0.25, 0.3) is 0 Å². The molecule has 1 N–H and O–H groups in total. The molecule has 0 saturated heterocycles. The molecule has 2 rings (SSSR count). The van der Waals surface area contributed by atoms with Gasteiger partial charge < -0.3 is 10.1 Å². The van der Waals surface area contributed by atoms with Gasteiger partial charge in [-0.1, -0.05) is 30.3 Å². The molecule has 0 bridgehead atoms. The summed E-state index contributed by atoms with van der Waals surface area (Å²) in [7, 11) is 1.72. The molecule has 0 heterocycles. The lowest BCUT2D eigenvalue weighted by Crippen LogP contribution is -2.04. The van der Waals surface area contributed by atoms with Crippen LogP contribution in [0.15, 0.2) is 51.4 Å². The molecule has 0 aliphatic rings. The summed E-state index contributed by atoms with van der Waals surface area (Å²) in [6.45, 7) is 1.40. The van der Waals surface area contributed by atoms with Crippen LogP contribution in [0.4, 0.5) is 5.69 Å². The highest BCUT2D eigenvalue weighted by Crippen LogP contribution is 2.31. The van der Waals surface area contributed by atoms with Gasteiger partial charge in [0.2, 0.25) is 0 Å². The molecule has 0 aliphatic heterocycles. The van der Waals surface area contributed by atoms with Crippen LogP contribution in [0.2, 0.25) is 0 Å². The number of halogens is 2. The van der Waals surface area contributed by atoms with Crippen LogP contribution in [0.3, 0.4) is 0 Å². The molecule has 2 nitrogen and oxygen atoms in total. The zero-order valence-corrected chi connectivity index (χ0v) is 13.8. The quantitative estimate of drug-likeness (QED) is 0.785. The molecular weight excluding hydrogens is 370 g/mol. The maximum atomic E-state index is 5.22. The molecule has 2 aromatic rings. The Labute approximate surface area is 130 Å². The second kappa shape index (κ2) is 7.08. The standard InChI is InChI=1S/C15H15Br2NO/c1-19-10-12-6-3-2-5-11(12)9-18-15-13(16)7-4-8-14(15)17/h2-8,18H,9-10H2,1H3. The average Bonchev–Trinajstić information content (AvgIpc) is 2.40. The minimum absolute atomic E-state index is 0.634. The Kier molecular flexibility index (Phi) is 5.43. The maximum absolute atomic E-state index is 5.22. The first-order chi connectivity index (χ1) is 9.22. The third-order valence-corrected chi connectivity index (χ3v) is 4.16. The van der Waals surface area contributed by atoms with Gasteiger partial charge in [-0.3, -0.25) is 0 Å². The lowest BCUT2D eigenvalue weighted by Gasteiger charge is -2.13. The molecule has 0 aliphatic carbocycles. The average molecular weight is 385 g/mol. The first kappa shape index (κ1) is 14.6. The van der Waals surface area contributed by atoms with Crippen molar-refractivity contribution in [3.63, 3.8) is 0 Å². The van der Waals surface area contributed by atoms with Crippen molar-refractivity contribution in [3.05, 3.63) is 62.5 Å². The zero-order valence-electron chi connectivity index (χ0n) is 10.6. The Hall–Kier alpha value is -0.840. The van der Waals surface area contributed by atoms with Crippen molar-refractivity contribution in [3.8, 4) is 0 Å². The number of methoxy groups -OCH3 is 1. The molecule has 0 spiro atoms. The summed E-state index contributed by atoms with van der Waals surface area (Å²) in [6.07, 6.45) is 0. The Morgan fingerprint density at radius 2 is 1.58 bits per heavy atom. The molecule has 2 aromatic carbocycles. The molecule has 0 saturated carbocycles. The van der Waals surface area contributed by atoms with Crippen LogP contribution in [0, 0.1) is 0 Å². The zero-order chi connectivity index (χ0) is 13.7. The molecule has 19 heavy (non-hydrogen) atoms. The minimum atomic E-state index is 0.634. The van der Waals surface area contributed by atoms with Gasteiger partial charge in [0.05, 0.1) is 12.3 Å². The third-order valence-electron chi connectivity index (χ3n) is 2.84. The summed E-state index contributed by atoms with van der Waals surface area (Å²) in [4.78, 5) is 0. The van der Waals surface area contributed by atoms with Crippen molar-refractivity contribution in [1.82, 2.24) is 0 Å². The van der Waals surface area contributed by atoms with E-state index >= 15 is 0 Å².